The van der Waals surface area contributed by atoms with Crippen molar-refractivity contribution in [3.05, 3.63) is 34.9 Å². The van der Waals surface area contributed by atoms with E-state index in [0.29, 0.717) is 30.5 Å². The molecule has 28 heavy (non-hydrogen) atoms. The number of carbonyl (C=O) groups excluding carboxylic acids is 3. The molecule has 1 saturated carbocycles. The Morgan fingerprint density at radius 3 is 2.79 bits per heavy atom. The predicted molar refractivity (Wildman–Crippen MR) is 104 cm³/mol. The summed E-state index contributed by atoms with van der Waals surface area (Å²) in [6.07, 6.45) is 4.25. The number of nitrogens with zero attached hydrogens (tertiary/aromatic N) is 2. The van der Waals surface area contributed by atoms with Gasteiger partial charge in [0.25, 0.3) is 5.91 Å². The largest absolute Gasteiger partial charge is 0.330 e. The first-order valence-corrected chi connectivity index (χ1v) is 10.1. The van der Waals surface area contributed by atoms with E-state index in [1.165, 1.54) is 19.3 Å². The maximum atomic E-state index is 12.9. The lowest BCUT2D eigenvalue weighted by molar-refractivity contribution is -0.136. The molecule has 2 aliphatic heterocycles. The topological polar surface area (TPSA) is 95.7 Å². The van der Waals surface area contributed by atoms with Gasteiger partial charge in [0.05, 0.1) is 0 Å². The highest BCUT2D eigenvalue weighted by molar-refractivity contribution is 6.05. The molecule has 3 atom stereocenters. The second kappa shape index (κ2) is 7.64. The number of amides is 3. The number of piperidine rings is 1. The Hall–Kier alpha value is -2.25. The molecule has 3 aliphatic rings. The van der Waals surface area contributed by atoms with Gasteiger partial charge in [-0.25, -0.2) is 0 Å². The van der Waals surface area contributed by atoms with Crippen LogP contribution in [0.4, 0.5) is 0 Å². The number of rotatable bonds is 5. The number of hydrogen-bond acceptors (Lipinski definition) is 5. The monoisotopic (exact) mass is 384 g/mol. The molecule has 0 bridgehead atoms. The van der Waals surface area contributed by atoms with Crippen LogP contribution in [0.2, 0.25) is 0 Å². The number of nitrogens with two attached hydrogens (primary N) is 1. The third kappa shape index (κ3) is 3.44. The van der Waals surface area contributed by atoms with Crippen LogP contribution in [0.3, 0.4) is 0 Å². The lowest BCUT2D eigenvalue weighted by Gasteiger charge is -2.29. The normalized spacial score (nSPS) is 27.5. The van der Waals surface area contributed by atoms with Gasteiger partial charge >= 0.3 is 0 Å². The molecular formula is C21H28N4O3. The fourth-order valence-corrected chi connectivity index (χ4v) is 4.98. The molecule has 0 spiro atoms. The Morgan fingerprint density at radius 2 is 2.04 bits per heavy atom. The minimum Gasteiger partial charge on any atom is -0.330 e. The average Bonchev–Trinajstić information content (AvgIpc) is 3.27. The molecule has 4 rings (SSSR count). The molecule has 7 nitrogen and oxygen atoms in total. The van der Waals surface area contributed by atoms with Gasteiger partial charge in [0, 0.05) is 31.1 Å². The van der Waals surface area contributed by atoms with Gasteiger partial charge in [0.1, 0.15) is 6.04 Å². The standard InChI is InChI=1S/C21H28N4O3/c1-24(17-4-2-3-14(17)10-22)11-13-5-6-15-12-25(21(28)16(15)9-13)18-7-8-19(26)23-20(18)27/h5-6,9,14,17-18H,2-4,7-8,10-12,22H2,1H3,(H,23,26,27). The summed E-state index contributed by atoms with van der Waals surface area (Å²) in [5, 5.41) is 2.34. The average molecular weight is 384 g/mol. The summed E-state index contributed by atoms with van der Waals surface area (Å²) in [6.45, 7) is 1.92. The molecule has 1 aromatic carbocycles. The Balaban J connectivity index is 1.47. The van der Waals surface area contributed by atoms with Crippen LogP contribution in [-0.2, 0) is 22.7 Å². The molecule has 2 heterocycles. The third-order valence-electron chi connectivity index (χ3n) is 6.51. The van der Waals surface area contributed by atoms with Crippen molar-refractivity contribution in [2.75, 3.05) is 13.6 Å². The van der Waals surface area contributed by atoms with Crippen molar-refractivity contribution in [2.24, 2.45) is 11.7 Å². The van der Waals surface area contributed by atoms with Gasteiger partial charge in [-0.1, -0.05) is 18.6 Å². The van der Waals surface area contributed by atoms with Gasteiger partial charge < -0.3 is 10.6 Å². The summed E-state index contributed by atoms with van der Waals surface area (Å²) in [7, 11) is 2.13. The zero-order valence-electron chi connectivity index (χ0n) is 16.3. The Labute approximate surface area is 165 Å². The van der Waals surface area contributed by atoms with Gasteiger partial charge in [0.2, 0.25) is 11.8 Å². The number of fused-ring (bicyclic) bond motifs is 1. The van der Waals surface area contributed by atoms with Crippen LogP contribution in [-0.4, -0.2) is 53.2 Å². The van der Waals surface area contributed by atoms with Crippen LogP contribution in [0, 0.1) is 5.92 Å². The zero-order valence-corrected chi connectivity index (χ0v) is 16.3. The molecule has 2 fully saturated rings. The van der Waals surface area contributed by atoms with Crippen LogP contribution in [0.1, 0.15) is 53.6 Å². The summed E-state index contributed by atoms with van der Waals surface area (Å²) in [5.74, 6) is -0.205. The Morgan fingerprint density at radius 1 is 1.21 bits per heavy atom. The van der Waals surface area contributed by atoms with Crippen molar-refractivity contribution in [2.45, 2.75) is 57.3 Å². The molecule has 3 N–H and O–H groups in total. The smallest absolute Gasteiger partial charge is 0.255 e. The van der Waals surface area contributed by atoms with Crippen LogP contribution >= 0.6 is 0 Å². The molecule has 0 radical (unpaired) electrons. The highest BCUT2D eigenvalue weighted by Crippen LogP contribution is 2.31. The number of imide groups is 1. The highest BCUT2D eigenvalue weighted by Gasteiger charge is 2.39. The second-order valence-corrected chi connectivity index (χ2v) is 8.30. The van der Waals surface area contributed by atoms with Crippen molar-refractivity contribution in [3.63, 3.8) is 0 Å². The molecule has 1 saturated heterocycles. The van der Waals surface area contributed by atoms with E-state index in [0.717, 1.165) is 24.2 Å². The zero-order chi connectivity index (χ0) is 19.8. The summed E-state index contributed by atoms with van der Waals surface area (Å²) in [6, 6.07) is 5.97. The van der Waals surface area contributed by atoms with Crippen molar-refractivity contribution in [1.29, 1.82) is 0 Å². The number of hydrogen-bond donors (Lipinski definition) is 2. The van der Waals surface area contributed by atoms with Gasteiger partial charge in [-0.3, -0.25) is 24.6 Å². The molecule has 1 aliphatic carbocycles. The van der Waals surface area contributed by atoms with Crippen LogP contribution in [0.15, 0.2) is 18.2 Å². The van der Waals surface area contributed by atoms with Crippen molar-refractivity contribution < 1.29 is 14.4 Å². The minimum absolute atomic E-state index is 0.116. The highest BCUT2D eigenvalue weighted by atomic mass is 16.2. The lowest BCUT2D eigenvalue weighted by atomic mass is 10.0. The van der Waals surface area contributed by atoms with Crippen LogP contribution in [0.5, 0.6) is 0 Å². The fourth-order valence-electron chi connectivity index (χ4n) is 4.98. The summed E-state index contributed by atoms with van der Waals surface area (Å²) in [5.41, 5.74) is 8.65. The van der Waals surface area contributed by atoms with E-state index in [4.69, 9.17) is 5.73 Å². The van der Waals surface area contributed by atoms with Gasteiger partial charge in [-0.15, -0.1) is 0 Å². The summed E-state index contributed by atoms with van der Waals surface area (Å²) in [4.78, 5) is 40.4. The van der Waals surface area contributed by atoms with Crippen LogP contribution in [0.25, 0.3) is 0 Å². The van der Waals surface area contributed by atoms with Crippen LogP contribution < -0.4 is 11.1 Å². The minimum atomic E-state index is -0.562. The first-order valence-electron chi connectivity index (χ1n) is 10.1. The van der Waals surface area contributed by atoms with Gasteiger partial charge in [-0.2, -0.15) is 0 Å². The van der Waals surface area contributed by atoms with E-state index >= 15 is 0 Å². The molecule has 7 heteroatoms. The fraction of sp³-hybridized carbons (Fsp3) is 0.571. The van der Waals surface area contributed by atoms with E-state index in [2.05, 4.69) is 23.3 Å². The molecule has 0 aromatic heterocycles. The molecular weight excluding hydrogens is 356 g/mol. The van der Waals surface area contributed by atoms with E-state index in [1.807, 2.05) is 12.1 Å². The number of carbonyl (C=O) groups is 3. The quantitative estimate of drug-likeness (QED) is 0.739. The molecule has 150 valence electrons. The van der Waals surface area contributed by atoms with E-state index < -0.39 is 6.04 Å². The first-order chi connectivity index (χ1) is 13.5. The molecule has 3 unspecified atom stereocenters. The Kier molecular flexibility index (Phi) is 5.21. The van der Waals surface area contributed by atoms with E-state index in [-0.39, 0.29) is 24.1 Å². The maximum Gasteiger partial charge on any atom is 0.255 e. The third-order valence-corrected chi connectivity index (χ3v) is 6.51. The molecule has 3 amide bonds. The summed E-state index contributed by atoms with van der Waals surface area (Å²) < 4.78 is 0. The van der Waals surface area contributed by atoms with Crippen molar-refractivity contribution in [3.8, 4) is 0 Å². The Bertz CT molecular complexity index is 809. The second-order valence-electron chi connectivity index (χ2n) is 8.30. The lowest BCUT2D eigenvalue weighted by Crippen LogP contribution is -2.52. The SMILES string of the molecule is CN(Cc1ccc2c(c1)C(=O)N(C1CCC(=O)NC1=O)C2)C1CCCC1CN. The number of nitrogens with one attached hydrogen (secondary N) is 1. The summed E-state index contributed by atoms with van der Waals surface area (Å²) >= 11 is 0. The van der Waals surface area contributed by atoms with Crippen molar-refractivity contribution >= 4 is 17.7 Å². The molecule has 1 aromatic rings. The van der Waals surface area contributed by atoms with Crippen molar-refractivity contribution in [1.82, 2.24) is 15.1 Å². The van der Waals surface area contributed by atoms with E-state index in [9.17, 15) is 14.4 Å². The number of benzene rings is 1. The first kappa shape index (κ1) is 19.1. The van der Waals surface area contributed by atoms with Gasteiger partial charge in [-0.05, 0) is 56.0 Å². The van der Waals surface area contributed by atoms with Gasteiger partial charge in [0.15, 0.2) is 0 Å². The van der Waals surface area contributed by atoms with E-state index in [1.54, 1.807) is 4.90 Å². The maximum absolute atomic E-state index is 12.9. The predicted octanol–water partition coefficient (Wildman–Crippen LogP) is 1.01.